The van der Waals surface area contributed by atoms with E-state index < -0.39 is 11.9 Å². The molecule has 0 N–H and O–H groups in total. The van der Waals surface area contributed by atoms with Crippen LogP contribution in [0.4, 0.5) is 0 Å². The maximum absolute atomic E-state index is 11.1. The first-order valence-electron chi connectivity index (χ1n) is 6.79. The predicted octanol–water partition coefficient (Wildman–Crippen LogP) is 0.828. The topological polar surface area (TPSA) is 96.0 Å². The molecule has 0 saturated carbocycles. The van der Waals surface area contributed by atoms with E-state index in [1.807, 2.05) is 0 Å². The molecule has 0 radical (unpaired) electrons. The van der Waals surface area contributed by atoms with Gasteiger partial charge in [-0.3, -0.25) is 9.59 Å². The summed E-state index contributed by atoms with van der Waals surface area (Å²) >= 11 is 0. The molecule has 0 fully saturated rings. The summed E-state index contributed by atoms with van der Waals surface area (Å²) in [6.07, 6.45) is 0.498. The molecule has 0 aliphatic heterocycles. The Morgan fingerprint density at radius 2 is 1.00 bits per heavy atom. The Bertz CT molecular complexity index is 328. The SMILES string of the molecule is CC(=O)CCC(=O)OCCOCCOC(=O)CCC(C)=O. The van der Waals surface area contributed by atoms with Crippen LogP contribution < -0.4 is 0 Å². The number of hydrogen-bond acceptors (Lipinski definition) is 7. The molecule has 0 spiro atoms. The molecular weight excluding hydrogens is 280 g/mol. The molecule has 0 saturated heterocycles. The molecule has 7 nitrogen and oxygen atoms in total. The van der Waals surface area contributed by atoms with Gasteiger partial charge in [-0.25, -0.2) is 0 Å². The van der Waals surface area contributed by atoms with E-state index in [2.05, 4.69) is 0 Å². The van der Waals surface area contributed by atoms with Crippen molar-refractivity contribution in [2.45, 2.75) is 39.5 Å². The highest BCUT2D eigenvalue weighted by Gasteiger charge is 2.06. The van der Waals surface area contributed by atoms with E-state index in [0.717, 1.165) is 0 Å². The Balaban J connectivity index is 3.36. The fourth-order valence-corrected chi connectivity index (χ4v) is 1.23. The van der Waals surface area contributed by atoms with Crippen molar-refractivity contribution in [2.24, 2.45) is 0 Å². The third kappa shape index (κ3) is 14.5. The van der Waals surface area contributed by atoms with Gasteiger partial charge in [0.05, 0.1) is 26.1 Å². The van der Waals surface area contributed by atoms with Crippen molar-refractivity contribution in [3.63, 3.8) is 0 Å². The fraction of sp³-hybridized carbons (Fsp3) is 0.714. The highest BCUT2D eigenvalue weighted by molar-refractivity contribution is 5.81. The van der Waals surface area contributed by atoms with E-state index in [9.17, 15) is 19.2 Å². The normalized spacial score (nSPS) is 10.0. The number of rotatable bonds is 12. The molecule has 7 heteroatoms. The average molecular weight is 302 g/mol. The molecule has 0 aliphatic carbocycles. The first-order chi connectivity index (χ1) is 9.91. The first-order valence-corrected chi connectivity index (χ1v) is 6.79. The molecule has 0 unspecified atom stereocenters. The van der Waals surface area contributed by atoms with Gasteiger partial charge in [0.15, 0.2) is 0 Å². The van der Waals surface area contributed by atoms with Crippen LogP contribution in [0.25, 0.3) is 0 Å². The molecular formula is C14H22O7. The Kier molecular flexibility index (Phi) is 11.0. The van der Waals surface area contributed by atoms with E-state index >= 15 is 0 Å². The number of carbonyl (C=O) groups excluding carboxylic acids is 4. The van der Waals surface area contributed by atoms with Gasteiger partial charge in [0.1, 0.15) is 24.8 Å². The molecule has 0 aromatic carbocycles. The van der Waals surface area contributed by atoms with Crippen LogP contribution in [0.2, 0.25) is 0 Å². The highest BCUT2D eigenvalue weighted by atomic mass is 16.6. The van der Waals surface area contributed by atoms with Crippen LogP contribution in [0.15, 0.2) is 0 Å². The minimum atomic E-state index is -0.440. The predicted molar refractivity (Wildman–Crippen MR) is 72.6 cm³/mol. The standard InChI is InChI=1S/C14H22O7/c1-11(15)3-5-13(17)20-9-7-19-8-10-21-14(18)6-4-12(2)16/h3-10H2,1-2H3. The van der Waals surface area contributed by atoms with E-state index in [0.29, 0.717) is 0 Å². The van der Waals surface area contributed by atoms with Gasteiger partial charge in [-0.1, -0.05) is 0 Å². The third-order valence-electron chi connectivity index (χ3n) is 2.34. The summed E-state index contributed by atoms with van der Waals surface area (Å²) in [5, 5.41) is 0. The van der Waals surface area contributed by atoms with Crippen LogP contribution in [0.3, 0.4) is 0 Å². The summed E-state index contributed by atoms with van der Waals surface area (Å²) in [4.78, 5) is 43.5. The summed E-state index contributed by atoms with van der Waals surface area (Å²) in [6, 6.07) is 0. The van der Waals surface area contributed by atoms with Crippen LogP contribution in [0.5, 0.6) is 0 Å². The fourth-order valence-electron chi connectivity index (χ4n) is 1.23. The van der Waals surface area contributed by atoms with E-state index in [-0.39, 0.29) is 63.7 Å². The minimum Gasteiger partial charge on any atom is -0.463 e. The van der Waals surface area contributed by atoms with Crippen molar-refractivity contribution in [2.75, 3.05) is 26.4 Å². The van der Waals surface area contributed by atoms with Crippen molar-refractivity contribution in [1.29, 1.82) is 0 Å². The molecule has 0 rings (SSSR count). The molecule has 0 atom stereocenters. The first kappa shape index (κ1) is 19.2. The smallest absolute Gasteiger partial charge is 0.306 e. The molecule has 0 amide bonds. The monoisotopic (exact) mass is 302 g/mol. The van der Waals surface area contributed by atoms with Crippen LogP contribution in [0.1, 0.15) is 39.5 Å². The lowest BCUT2D eigenvalue weighted by Crippen LogP contribution is -2.15. The van der Waals surface area contributed by atoms with E-state index in [4.69, 9.17) is 14.2 Å². The Morgan fingerprint density at radius 1 is 0.619 bits per heavy atom. The largest absolute Gasteiger partial charge is 0.463 e. The number of Topliss-reactive ketones (excluding diaryl/α,β-unsaturated/α-hetero) is 2. The zero-order valence-electron chi connectivity index (χ0n) is 12.5. The van der Waals surface area contributed by atoms with Gasteiger partial charge in [-0.05, 0) is 13.8 Å². The van der Waals surface area contributed by atoms with Crippen molar-refractivity contribution in [3.8, 4) is 0 Å². The molecule has 21 heavy (non-hydrogen) atoms. The van der Waals surface area contributed by atoms with Crippen molar-refractivity contribution >= 4 is 23.5 Å². The highest BCUT2D eigenvalue weighted by Crippen LogP contribution is 1.95. The molecule has 0 aliphatic rings. The molecule has 0 aromatic rings. The Hall–Kier alpha value is -1.76. The Morgan fingerprint density at radius 3 is 1.33 bits per heavy atom. The summed E-state index contributed by atoms with van der Waals surface area (Å²) < 4.78 is 14.7. The summed E-state index contributed by atoms with van der Waals surface area (Å²) in [7, 11) is 0. The summed E-state index contributed by atoms with van der Waals surface area (Å²) in [5.41, 5.74) is 0. The maximum Gasteiger partial charge on any atom is 0.306 e. The third-order valence-corrected chi connectivity index (χ3v) is 2.34. The molecule has 120 valence electrons. The minimum absolute atomic E-state index is 0.0604. The molecule has 0 bridgehead atoms. The van der Waals surface area contributed by atoms with Crippen molar-refractivity contribution in [3.05, 3.63) is 0 Å². The van der Waals surface area contributed by atoms with E-state index in [1.54, 1.807) is 0 Å². The number of esters is 2. The van der Waals surface area contributed by atoms with Gasteiger partial charge in [-0.2, -0.15) is 0 Å². The van der Waals surface area contributed by atoms with Gasteiger partial charge in [0.25, 0.3) is 0 Å². The van der Waals surface area contributed by atoms with Gasteiger partial charge >= 0.3 is 11.9 Å². The second-order valence-electron chi connectivity index (χ2n) is 4.46. The average Bonchev–Trinajstić information content (AvgIpc) is 2.41. The van der Waals surface area contributed by atoms with Gasteiger partial charge in [0, 0.05) is 12.8 Å². The zero-order valence-corrected chi connectivity index (χ0v) is 12.5. The zero-order chi connectivity index (χ0) is 16.1. The second-order valence-corrected chi connectivity index (χ2v) is 4.46. The van der Waals surface area contributed by atoms with Crippen molar-refractivity contribution in [1.82, 2.24) is 0 Å². The maximum atomic E-state index is 11.1. The van der Waals surface area contributed by atoms with Crippen LogP contribution in [-0.4, -0.2) is 49.9 Å². The number of ketones is 2. The lowest BCUT2D eigenvalue weighted by atomic mass is 10.2. The summed E-state index contributed by atoms with van der Waals surface area (Å²) in [5.74, 6) is -1.00. The van der Waals surface area contributed by atoms with Crippen LogP contribution >= 0.6 is 0 Å². The second kappa shape index (κ2) is 12.0. The lowest BCUT2D eigenvalue weighted by Gasteiger charge is -2.06. The van der Waals surface area contributed by atoms with Gasteiger partial charge in [-0.15, -0.1) is 0 Å². The van der Waals surface area contributed by atoms with E-state index in [1.165, 1.54) is 13.8 Å². The van der Waals surface area contributed by atoms with Gasteiger partial charge < -0.3 is 23.8 Å². The Labute approximate surface area is 123 Å². The molecule has 0 aromatic heterocycles. The van der Waals surface area contributed by atoms with Gasteiger partial charge in [0.2, 0.25) is 0 Å². The summed E-state index contributed by atoms with van der Waals surface area (Å²) in [6.45, 7) is 3.39. The number of carbonyl (C=O) groups is 4. The van der Waals surface area contributed by atoms with Crippen LogP contribution in [0, 0.1) is 0 Å². The number of ether oxygens (including phenoxy) is 3. The lowest BCUT2D eigenvalue weighted by molar-refractivity contribution is -0.147. The van der Waals surface area contributed by atoms with Crippen molar-refractivity contribution < 1.29 is 33.4 Å². The molecule has 0 heterocycles. The number of hydrogen-bond donors (Lipinski definition) is 0. The van der Waals surface area contributed by atoms with Crippen LogP contribution in [-0.2, 0) is 33.4 Å². The quantitative estimate of drug-likeness (QED) is 0.389.